The molecule has 5 nitrogen and oxygen atoms in total. The van der Waals surface area contributed by atoms with E-state index in [1.807, 2.05) is 24.3 Å². The lowest BCUT2D eigenvalue weighted by Gasteiger charge is -2.46. The van der Waals surface area contributed by atoms with Gasteiger partial charge in [-0.25, -0.2) is 0 Å². The van der Waals surface area contributed by atoms with Crippen LogP contribution in [0.5, 0.6) is 0 Å². The van der Waals surface area contributed by atoms with E-state index in [0.717, 1.165) is 17.2 Å². The third kappa shape index (κ3) is 2.66. The van der Waals surface area contributed by atoms with E-state index < -0.39 is 11.5 Å². The number of fused-ring (bicyclic) bond motifs is 1. The first-order valence-corrected chi connectivity index (χ1v) is 9.34. The zero-order chi connectivity index (χ0) is 18.3. The number of likely N-dealkylation sites (tertiary alicyclic amines) is 1. The van der Waals surface area contributed by atoms with Crippen molar-refractivity contribution in [2.75, 3.05) is 19.6 Å². The highest BCUT2D eigenvalue weighted by molar-refractivity contribution is 6.36. The molecule has 0 saturated carbocycles. The van der Waals surface area contributed by atoms with Gasteiger partial charge in [-0.3, -0.25) is 9.59 Å². The maximum Gasteiger partial charge on any atom is 0.254 e. The fourth-order valence-corrected chi connectivity index (χ4v) is 4.48. The monoisotopic (exact) mass is 372 g/mol. The van der Waals surface area contributed by atoms with Crippen molar-refractivity contribution < 1.29 is 14.7 Å². The fraction of sp³-hybridized carbons (Fsp3) is 0.400. The van der Waals surface area contributed by atoms with Crippen LogP contribution in [0.15, 0.2) is 36.4 Å². The molecule has 0 unspecified atom stereocenters. The van der Waals surface area contributed by atoms with E-state index >= 15 is 0 Å². The number of nitrogens with zero attached hydrogens (tertiary/aromatic N) is 1. The Morgan fingerprint density at radius 1 is 1.23 bits per heavy atom. The normalized spacial score (nSPS) is 26.2. The zero-order valence-electron chi connectivity index (χ0n) is 14.4. The molecular weight excluding hydrogens is 352 g/mol. The van der Waals surface area contributed by atoms with Gasteiger partial charge in [-0.15, -0.1) is 0 Å². The van der Waals surface area contributed by atoms with Crippen LogP contribution >= 0.6 is 11.6 Å². The summed E-state index contributed by atoms with van der Waals surface area (Å²) < 4.78 is 0. The van der Waals surface area contributed by atoms with Crippen molar-refractivity contribution in [2.24, 2.45) is 5.41 Å². The molecule has 2 aliphatic rings. The molecule has 2 aromatic carbocycles. The summed E-state index contributed by atoms with van der Waals surface area (Å²) in [5.41, 5.74) is -0.318. The summed E-state index contributed by atoms with van der Waals surface area (Å²) in [6.07, 6.45) is 1.11. The zero-order valence-corrected chi connectivity index (χ0v) is 15.1. The average Bonchev–Trinajstić information content (AvgIpc) is 2.65. The minimum atomic E-state index is -0.894. The molecule has 2 amide bonds. The topological polar surface area (TPSA) is 69.6 Å². The maximum absolute atomic E-state index is 13.2. The first-order valence-electron chi connectivity index (χ1n) is 8.96. The first-order chi connectivity index (χ1) is 12.5. The van der Waals surface area contributed by atoms with Gasteiger partial charge in [-0.2, -0.15) is 0 Å². The lowest BCUT2D eigenvalue weighted by molar-refractivity contribution is -0.147. The Kier molecular flexibility index (Phi) is 4.37. The van der Waals surface area contributed by atoms with E-state index in [9.17, 15) is 14.7 Å². The van der Waals surface area contributed by atoms with Gasteiger partial charge in [0.25, 0.3) is 5.91 Å². The van der Waals surface area contributed by atoms with Crippen molar-refractivity contribution in [3.63, 3.8) is 0 Å². The molecule has 4 rings (SSSR count). The van der Waals surface area contributed by atoms with Crippen LogP contribution in [0.2, 0.25) is 5.02 Å². The van der Waals surface area contributed by atoms with Crippen LogP contribution in [-0.4, -0.2) is 47.6 Å². The quantitative estimate of drug-likeness (QED) is 0.808. The third-order valence-corrected chi connectivity index (χ3v) is 6.04. The maximum atomic E-state index is 13.2. The molecular formula is C20H21ClN2O3. The van der Waals surface area contributed by atoms with Crippen LogP contribution in [-0.2, 0) is 4.79 Å². The fourth-order valence-electron chi connectivity index (χ4n) is 4.25. The predicted molar refractivity (Wildman–Crippen MR) is 100 cm³/mol. The number of benzene rings is 2. The number of hydrogen-bond acceptors (Lipinski definition) is 3. The van der Waals surface area contributed by atoms with Crippen molar-refractivity contribution >= 4 is 34.2 Å². The van der Waals surface area contributed by atoms with E-state index in [0.29, 0.717) is 36.5 Å². The number of aliphatic hydroxyl groups is 1. The smallest absolute Gasteiger partial charge is 0.254 e. The lowest BCUT2D eigenvalue weighted by atomic mass is 9.71. The summed E-state index contributed by atoms with van der Waals surface area (Å²) in [5.74, 6) is -0.266. The van der Waals surface area contributed by atoms with E-state index in [2.05, 4.69) is 5.32 Å². The van der Waals surface area contributed by atoms with Gasteiger partial charge in [0.1, 0.15) is 0 Å². The highest BCUT2D eigenvalue weighted by Crippen LogP contribution is 2.38. The molecule has 2 fully saturated rings. The Hall–Kier alpha value is -2.11. The number of halogens is 1. The molecule has 0 bridgehead atoms. The number of piperidine rings is 2. The van der Waals surface area contributed by atoms with Crippen LogP contribution in [0, 0.1) is 5.41 Å². The molecule has 1 spiro atoms. The molecule has 6 heteroatoms. The summed E-state index contributed by atoms with van der Waals surface area (Å²) >= 11 is 6.26. The number of hydrogen-bond donors (Lipinski definition) is 2. The van der Waals surface area contributed by atoms with Gasteiger partial charge >= 0.3 is 0 Å². The van der Waals surface area contributed by atoms with Gasteiger partial charge < -0.3 is 15.3 Å². The van der Waals surface area contributed by atoms with Crippen LogP contribution < -0.4 is 5.32 Å². The Bertz CT molecular complexity index is 884. The average molecular weight is 373 g/mol. The van der Waals surface area contributed by atoms with E-state index in [1.165, 1.54) is 0 Å². The summed E-state index contributed by atoms with van der Waals surface area (Å²) in [5, 5.41) is 15.6. The first kappa shape index (κ1) is 17.3. The molecule has 2 aromatic rings. The minimum absolute atomic E-state index is 0.123. The Morgan fingerprint density at radius 2 is 2.00 bits per heavy atom. The highest BCUT2D eigenvalue weighted by atomic mass is 35.5. The second-order valence-electron chi connectivity index (χ2n) is 7.19. The largest absolute Gasteiger partial charge is 0.392 e. The second kappa shape index (κ2) is 6.56. The molecule has 2 aliphatic heterocycles. The van der Waals surface area contributed by atoms with Gasteiger partial charge in [0.2, 0.25) is 5.91 Å². The standard InChI is InChI=1S/C20H21ClN2O3/c21-16-7-2-4-13-14(16)5-1-6-15(13)18(25)23-11-8-17(24)20(12-23)9-3-10-22-19(20)26/h1-2,4-7,17,24H,3,8-12H2,(H,22,26)/t17-,20-/m1/s1. The van der Waals surface area contributed by atoms with Crippen molar-refractivity contribution in [1.82, 2.24) is 10.2 Å². The van der Waals surface area contributed by atoms with Gasteiger partial charge in [0, 0.05) is 35.6 Å². The van der Waals surface area contributed by atoms with Crippen molar-refractivity contribution in [3.8, 4) is 0 Å². The molecule has 0 aromatic heterocycles. The summed E-state index contributed by atoms with van der Waals surface area (Å²) in [6.45, 7) is 1.31. The van der Waals surface area contributed by atoms with Crippen LogP contribution in [0.4, 0.5) is 0 Å². The summed E-state index contributed by atoms with van der Waals surface area (Å²) in [4.78, 5) is 27.5. The number of aliphatic hydroxyl groups excluding tert-OH is 1. The lowest BCUT2D eigenvalue weighted by Crippen LogP contribution is -2.62. The Morgan fingerprint density at radius 3 is 2.81 bits per heavy atom. The minimum Gasteiger partial charge on any atom is -0.392 e. The molecule has 2 saturated heterocycles. The van der Waals surface area contributed by atoms with Crippen molar-refractivity contribution in [1.29, 1.82) is 0 Å². The molecule has 136 valence electrons. The summed E-state index contributed by atoms with van der Waals surface area (Å²) in [7, 11) is 0. The van der Waals surface area contributed by atoms with Crippen molar-refractivity contribution in [2.45, 2.75) is 25.4 Å². The van der Waals surface area contributed by atoms with E-state index in [-0.39, 0.29) is 18.4 Å². The van der Waals surface area contributed by atoms with Crippen LogP contribution in [0.3, 0.4) is 0 Å². The number of carbonyl (C=O) groups excluding carboxylic acids is 2. The SMILES string of the molecule is O=C(c1cccc2c(Cl)cccc12)N1CC[C@@H](O)[C@@]2(CCCNC2=O)C1. The third-order valence-electron chi connectivity index (χ3n) is 5.71. The van der Waals surface area contributed by atoms with Gasteiger partial charge in [0.15, 0.2) is 0 Å². The highest BCUT2D eigenvalue weighted by Gasteiger charge is 2.50. The van der Waals surface area contributed by atoms with Gasteiger partial charge in [0.05, 0.1) is 11.5 Å². The number of carbonyl (C=O) groups is 2. The van der Waals surface area contributed by atoms with E-state index in [1.54, 1.807) is 17.0 Å². The second-order valence-corrected chi connectivity index (χ2v) is 7.59. The van der Waals surface area contributed by atoms with Crippen LogP contribution in [0.1, 0.15) is 29.6 Å². The summed E-state index contributed by atoms with van der Waals surface area (Å²) in [6, 6.07) is 11.0. The molecule has 2 N–H and O–H groups in total. The molecule has 0 radical (unpaired) electrons. The predicted octanol–water partition coefficient (Wildman–Crippen LogP) is 2.60. The van der Waals surface area contributed by atoms with Crippen LogP contribution in [0.25, 0.3) is 10.8 Å². The van der Waals surface area contributed by atoms with Crippen molar-refractivity contribution in [3.05, 3.63) is 47.0 Å². The van der Waals surface area contributed by atoms with Gasteiger partial charge in [-0.05, 0) is 36.8 Å². The Balaban J connectivity index is 1.69. The molecule has 2 heterocycles. The Labute approximate surface area is 156 Å². The molecule has 26 heavy (non-hydrogen) atoms. The number of rotatable bonds is 1. The number of nitrogens with one attached hydrogen (secondary N) is 1. The molecule has 0 aliphatic carbocycles. The van der Waals surface area contributed by atoms with Gasteiger partial charge in [-0.1, -0.05) is 35.9 Å². The van der Waals surface area contributed by atoms with E-state index in [4.69, 9.17) is 11.6 Å². The number of amides is 2. The molecule has 2 atom stereocenters.